The molecule has 0 aliphatic carbocycles. The molecular weight excluding hydrogens is 262 g/mol. The van der Waals surface area contributed by atoms with Crippen LogP contribution in [0, 0.1) is 5.41 Å². The van der Waals surface area contributed by atoms with E-state index in [0.717, 1.165) is 6.54 Å². The number of hydrogen-bond acceptors (Lipinski definition) is 3. The molecule has 1 amide bonds. The molecule has 0 radical (unpaired) electrons. The lowest BCUT2D eigenvalue weighted by molar-refractivity contribution is 0.0930. The summed E-state index contributed by atoms with van der Waals surface area (Å²) >= 11 is 5.81. The third-order valence-corrected chi connectivity index (χ3v) is 2.97. The summed E-state index contributed by atoms with van der Waals surface area (Å²) in [7, 11) is 4.03. The standard InChI is InChI=1S/C14H22ClN3O/c1-14(2,9-18(3)4)8-17-13(19)11-6-5-10(15)7-12(11)16/h5-7H,8-9,16H2,1-4H3,(H,17,19). The number of nitrogens with two attached hydrogens (primary N) is 1. The minimum atomic E-state index is -0.166. The number of benzene rings is 1. The van der Waals surface area contributed by atoms with Gasteiger partial charge in [-0.15, -0.1) is 0 Å². The van der Waals surface area contributed by atoms with E-state index in [2.05, 4.69) is 24.1 Å². The van der Waals surface area contributed by atoms with Crippen LogP contribution in [0.3, 0.4) is 0 Å². The lowest BCUT2D eigenvalue weighted by atomic mass is 9.93. The fraction of sp³-hybridized carbons (Fsp3) is 0.500. The van der Waals surface area contributed by atoms with E-state index in [9.17, 15) is 4.79 Å². The Morgan fingerprint density at radius 1 is 1.42 bits per heavy atom. The molecule has 0 atom stereocenters. The molecule has 5 heteroatoms. The average Bonchev–Trinajstić information content (AvgIpc) is 2.24. The predicted octanol–water partition coefficient (Wildman–Crippen LogP) is 2.24. The first-order valence-electron chi connectivity index (χ1n) is 6.19. The van der Waals surface area contributed by atoms with Crippen LogP contribution >= 0.6 is 11.6 Å². The molecule has 0 unspecified atom stereocenters. The van der Waals surface area contributed by atoms with E-state index in [-0.39, 0.29) is 11.3 Å². The Bertz CT molecular complexity index is 458. The zero-order valence-electron chi connectivity index (χ0n) is 12.0. The van der Waals surface area contributed by atoms with E-state index in [4.69, 9.17) is 17.3 Å². The second-order valence-electron chi connectivity index (χ2n) is 5.82. The summed E-state index contributed by atoms with van der Waals surface area (Å²) in [6, 6.07) is 4.89. The zero-order chi connectivity index (χ0) is 14.6. The predicted molar refractivity (Wildman–Crippen MR) is 80.5 cm³/mol. The van der Waals surface area contributed by atoms with Crippen LogP contribution in [0.4, 0.5) is 5.69 Å². The van der Waals surface area contributed by atoms with Crippen molar-refractivity contribution in [2.75, 3.05) is 32.9 Å². The second kappa shape index (κ2) is 6.26. The van der Waals surface area contributed by atoms with Gasteiger partial charge in [-0.3, -0.25) is 4.79 Å². The van der Waals surface area contributed by atoms with E-state index in [1.165, 1.54) is 0 Å². The summed E-state index contributed by atoms with van der Waals surface area (Å²) in [5.41, 5.74) is 6.65. The van der Waals surface area contributed by atoms with Gasteiger partial charge in [0.25, 0.3) is 5.91 Å². The molecule has 0 heterocycles. The molecule has 0 spiro atoms. The number of anilines is 1. The van der Waals surface area contributed by atoms with Gasteiger partial charge in [0, 0.05) is 23.8 Å². The molecule has 106 valence electrons. The maximum Gasteiger partial charge on any atom is 0.253 e. The summed E-state index contributed by atoms with van der Waals surface area (Å²) in [6.45, 7) is 5.70. The summed E-state index contributed by atoms with van der Waals surface area (Å²) in [5, 5.41) is 3.45. The molecule has 0 aromatic heterocycles. The number of nitrogens with one attached hydrogen (secondary N) is 1. The molecule has 19 heavy (non-hydrogen) atoms. The number of hydrogen-bond donors (Lipinski definition) is 2. The summed E-state index contributed by atoms with van der Waals surface area (Å²) in [5.74, 6) is -0.166. The Morgan fingerprint density at radius 2 is 2.05 bits per heavy atom. The Kier molecular flexibility index (Phi) is 5.20. The highest BCUT2D eigenvalue weighted by Gasteiger charge is 2.20. The van der Waals surface area contributed by atoms with Crippen molar-refractivity contribution in [3.05, 3.63) is 28.8 Å². The van der Waals surface area contributed by atoms with Crippen LogP contribution in [0.1, 0.15) is 24.2 Å². The number of carbonyl (C=O) groups excluding carboxylic acids is 1. The monoisotopic (exact) mass is 283 g/mol. The minimum Gasteiger partial charge on any atom is -0.398 e. The first kappa shape index (κ1) is 15.8. The van der Waals surface area contributed by atoms with Crippen molar-refractivity contribution >= 4 is 23.2 Å². The van der Waals surface area contributed by atoms with Gasteiger partial charge in [0.05, 0.1) is 5.56 Å². The van der Waals surface area contributed by atoms with E-state index in [0.29, 0.717) is 22.8 Å². The van der Waals surface area contributed by atoms with Crippen LogP contribution in [0.25, 0.3) is 0 Å². The average molecular weight is 284 g/mol. The highest BCUT2D eigenvalue weighted by molar-refractivity contribution is 6.31. The van der Waals surface area contributed by atoms with Crippen molar-refractivity contribution in [1.29, 1.82) is 0 Å². The van der Waals surface area contributed by atoms with Crippen LogP contribution in [0.5, 0.6) is 0 Å². The Balaban J connectivity index is 2.65. The van der Waals surface area contributed by atoms with E-state index >= 15 is 0 Å². The molecule has 0 aliphatic heterocycles. The summed E-state index contributed by atoms with van der Waals surface area (Å²) in [4.78, 5) is 14.2. The Hall–Kier alpha value is -1.26. The van der Waals surface area contributed by atoms with Gasteiger partial charge < -0.3 is 16.0 Å². The quantitative estimate of drug-likeness (QED) is 0.815. The zero-order valence-corrected chi connectivity index (χ0v) is 12.7. The number of rotatable bonds is 5. The fourth-order valence-corrected chi connectivity index (χ4v) is 2.25. The van der Waals surface area contributed by atoms with Crippen LogP contribution in [0.2, 0.25) is 5.02 Å². The van der Waals surface area contributed by atoms with Crippen LogP contribution < -0.4 is 11.1 Å². The lowest BCUT2D eigenvalue weighted by Gasteiger charge is -2.28. The Morgan fingerprint density at radius 3 is 2.58 bits per heavy atom. The van der Waals surface area contributed by atoms with Crippen molar-refractivity contribution in [3.63, 3.8) is 0 Å². The molecule has 0 fully saturated rings. The fourth-order valence-electron chi connectivity index (χ4n) is 2.07. The van der Waals surface area contributed by atoms with Gasteiger partial charge in [0.2, 0.25) is 0 Å². The lowest BCUT2D eigenvalue weighted by Crippen LogP contribution is -2.40. The third-order valence-electron chi connectivity index (χ3n) is 2.73. The smallest absolute Gasteiger partial charge is 0.253 e. The van der Waals surface area contributed by atoms with Crippen LogP contribution in [0.15, 0.2) is 18.2 Å². The molecule has 3 N–H and O–H groups in total. The first-order valence-corrected chi connectivity index (χ1v) is 6.57. The SMILES string of the molecule is CN(C)CC(C)(C)CNC(=O)c1ccc(Cl)cc1N. The van der Waals surface area contributed by atoms with Crippen LogP contribution in [-0.4, -0.2) is 38.0 Å². The van der Waals surface area contributed by atoms with Gasteiger partial charge in [-0.05, 0) is 37.7 Å². The molecule has 0 bridgehead atoms. The first-order chi connectivity index (χ1) is 8.71. The summed E-state index contributed by atoms with van der Waals surface area (Å²) < 4.78 is 0. The third kappa shape index (κ3) is 5.09. The molecule has 1 aromatic carbocycles. The van der Waals surface area contributed by atoms with Crippen molar-refractivity contribution < 1.29 is 4.79 Å². The van der Waals surface area contributed by atoms with Crippen LogP contribution in [-0.2, 0) is 0 Å². The van der Waals surface area contributed by atoms with Gasteiger partial charge in [0.1, 0.15) is 0 Å². The van der Waals surface area contributed by atoms with Crippen molar-refractivity contribution in [2.24, 2.45) is 5.41 Å². The maximum absolute atomic E-state index is 12.1. The van der Waals surface area contributed by atoms with Gasteiger partial charge >= 0.3 is 0 Å². The highest BCUT2D eigenvalue weighted by Crippen LogP contribution is 2.19. The maximum atomic E-state index is 12.1. The second-order valence-corrected chi connectivity index (χ2v) is 6.25. The van der Waals surface area contributed by atoms with E-state index in [1.807, 2.05) is 14.1 Å². The number of amides is 1. The van der Waals surface area contributed by atoms with Gasteiger partial charge in [-0.25, -0.2) is 0 Å². The van der Waals surface area contributed by atoms with Crippen molar-refractivity contribution in [2.45, 2.75) is 13.8 Å². The molecule has 1 rings (SSSR count). The largest absolute Gasteiger partial charge is 0.398 e. The molecule has 0 aliphatic rings. The van der Waals surface area contributed by atoms with Crippen molar-refractivity contribution in [3.8, 4) is 0 Å². The summed E-state index contributed by atoms with van der Waals surface area (Å²) in [6.07, 6.45) is 0. The minimum absolute atomic E-state index is 0.000345. The van der Waals surface area contributed by atoms with Gasteiger partial charge in [0.15, 0.2) is 0 Å². The number of nitrogens with zero attached hydrogens (tertiary/aromatic N) is 1. The highest BCUT2D eigenvalue weighted by atomic mass is 35.5. The van der Waals surface area contributed by atoms with Gasteiger partial charge in [-0.2, -0.15) is 0 Å². The number of nitrogen functional groups attached to an aromatic ring is 1. The Labute approximate surface area is 119 Å². The molecule has 4 nitrogen and oxygen atoms in total. The number of halogens is 1. The number of carbonyl (C=O) groups is 1. The molecule has 0 saturated heterocycles. The van der Waals surface area contributed by atoms with Gasteiger partial charge in [-0.1, -0.05) is 25.4 Å². The van der Waals surface area contributed by atoms with E-state index < -0.39 is 0 Å². The molecule has 0 saturated carbocycles. The van der Waals surface area contributed by atoms with Crippen molar-refractivity contribution in [1.82, 2.24) is 10.2 Å². The molecule has 1 aromatic rings. The molecular formula is C14H22ClN3O. The normalized spacial score (nSPS) is 11.7. The van der Waals surface area contributed by atoms with E-state index in [1.54, 1.807) is 18.2 Å². The topological polar surface area (TPSA) is 58.4 Å².